The molecule has 2 saturated heterocycles. The van der Waals surface area contributed by atoms with Crippen molar-refractivity contribution in [3.63, 3.8) is 0 Å². The Balaban J connectivity index is 1.64. The van der Waals surface area contributed by atoms with Crippen molar-refractivity contribution in [2.24, 2.45) is 0 Å². The van der Waals surface area contributed by atoms with Crippen LogP contribution in [0.2, 0.25) is 0 Å². The van der Waals surface area contributed by atoms with Gasteiger partial charge in [0.2, 0.25) is 5.91 Å². The SMILES string of the molecule is CC/C=C\C/C=C\C/C=C\C/C=C\C/C=C\C/C=C\C/C=C\C/C=C\C/C=C\C/C=C\C/C=C\CCCCCCCCCC(=O)NC(COC1OC(CO)C(OC2OC(CO)C(O)C(O)C2O)C(O)C1O)C(O)/C=C/CC/C=C/CCCCCCCCCCCCCCCCCCCCCCCC. The lowest BCUT2D eigenvalue weighted by atomic mass is 9.97. The first-order chi connectivity index (χ1) is 50.6. The van der Waals surface area contributed by atoms with E-state index in [1.165, 1.54) is 141 Å². The first-order valence-corrected chi connectivity index (χ1v) is 41.2. The highest BCUT2D eigenvalue weighted by molar-refractivity contribution is 5.76. The molecule has 103 heavy (non-hydrogen) atoms. The van der Waals surface area contributed by atoms with Crippen LogP contribution < -0.4 is 5.32 Å². The average molecular weight is 1440 g/mol. The van der Waals surface area contributed by atoms with Crippen LogP contribution in [0.3, 0.4) is 0 Å². The summed E-state index contributed by atoms with van der Waals surface area (Å²) in [6.45, 7) is 2.68. The predicted octanol–water partition coefficient (Wildman–Crippen LogP) is 19.3. The summed E-state index contributed by atoms with van der Waals surface area (Å²) in [7, 11) is 0. The number of rotatable bonds is 67. The Morgan fingerprint density at radius 3 is 1.07 bits per heavy atom. The molecule has 1 amide bonds. The molecular formula is C89H149NO13. The van der Waals surface area contributed by atoms with Crippen LogP contribution in [-0.4, -0.2) is 140 Å². The van der Waals surface area contributed by atoms with Crippen LogP contribution in [0.4, 0.5) is 0 Å². The van der Waals surface area contributed by atoms with Gasteiger partial charge in [0.05, 0.1) is 32.0 Å². The van der Waals surface area contributed by atoms with Crippen LogP contribution in [0.25, 0.3) is 0 Å². The monoisotopic (exact) mass is 1440 g/mol. The maximum Gasteiger partial charge on any atom is 0.220 e. The summed E-state index contributed by atoms with van der Waals surface area (Å²) in [4.78, 5) is 13.4. The smallest absolute Gasteiger partial charge is 0.220 e. The summed E-state index contributed by atoms with van der Waals surface area (Å²) in [5.41, 5.74) is 0. The molecule has 2 fully saturated rings. The van der Waals surface area contributed by atoms with E-state index in [2.05, 4.69) is 165 Å². The zero-order chi connectivity index (χ0) is 74.4. The van der Waals surface area contributed by atoms with Gasteiger partial charge in [0.15, 0.2) is 12.6 Å². The normalized spacial score (nSPS) is 22.4. The minimum absolute atomic E-state index is 0.251. The molecule has 2 aliphatic rings. The first kappa shape index (κ1) is 94.7. The molecule has 14 nitrogen and oxygen atoms in total. The Labute approximate surface area is 626 Å². The standard InChI is InChI=1S/C89H149NO13/c1-3-5-7-9-11-13-15-17-19-21-23-25-27-29-31-33-34-35-36-37-38-39-40-41-42-43-44-45-47-49-51-53-55-57-59-61-63-65-67-69-71-73-81(94)90-77(76-100-88-86(99)84(97)87(80(75-92)102-88)103-89-85(98)83(96)82(95)79(74-91)101-89)78(93)72-70-68-66-64-62-60-58-56-54-52-50-48-46-32-30-28-26-24-22-20-18-16-14-12-10-8-6-4-2/h5,7,11,13,17,19,23,25,29,31,34-35,37-38,40-41,43-44,47,49,53,55,62,64,70,72,77-80,82-89,91-93,95-99H,3-4,6,8-10,12,14-16,18,20-22,24,26-28,30,32-33,36,39,42,45-46,48,50-52,54,56-61,63,65-69,71,73-76H2,1-2H3,(H,90,94)/b7-5-,13-11-,19-17-,25-23-,31-29-,35-34-,38-37-,41-40-,44-43-,49-47-,55-53-,64-62+,72-70+. The first-order valence-electron chi connectivity index (χ1n) is 41.2. The second-order valence-corrected chi connectivity index (χ2v) is 28.2. The summed E-state index contributed by atoms with van der Waals surface area (Å²) in [6.07, 6.45) is 91.7. The molecule has 588 valence electrons. The van der Waals surface area contributed by atoms with Crippen LogP contribution in [0, 0.1) is 0 Å². The summed E-state index contributed by atoms with van der Waals surface area (Å²) in [6, 6.07) is -0.951. The second-order valence-electron chi connectivity index (χ2n) is 28.2. The van der Waals surface area contributed by atoms with Crippen molar-refractivity contribution in [3.8, 4) is 0 Å². The minimum Gasteiger partial charge on any atom is -0.394 e. The van der Waals surface area contributed by atoms with Gasteiger partial charge in [-0.1, -0.05) is 339 Å². The number of carbonyl (C=O) groups is 1. The van der Waals surface area contributed by atoms with Crippen molar-refractivity contribution in [2.45, 2.75) is 376 Å². The third kappa shape index (κ3) is 53.1. The Bertz CT molecular complexity index is 2350. The number of nitrogens with one attached hydrogen (secondary N) is 1. The van der Waals surface area contributed by atoms with E-state index in [-0.39, 0.29) is 18.9 Å². The molecule has 0 aromatic heterocycles. The van der Waals surface area contributed by atoms with Crippen molar-refractivity contribution in [2.75, 3.05) is 19.8 Å². The van der Waals surface area contributed by atoms with Crippen LogP contribution in [-0.2, 0) is 23.7 Å². The molecule has 12 unspecified atom stereocenters. The summed E-state index contributed by atoms with van der Waals surface area (Å²) < 4.78 is 22.9. The van der Waals surface area contributed by atoms with Gasteiger partial charge >= 0.3 is 0 Å². The average Bonchev–Trinajstić information content (AvgIpc) is 0.791. The number of amides is 1. The van der Waals surface area contributed by atoms with E-state index in [0.717, 1.165) is 128 Å². The Morgan fingerprint density at radius 2 is 0.680 bits per heavy atom. The predicted molar refractivity (Wildman–Crippen MR) is 428 cm³/mol. The van der Waals surface area contributed by atoms with Gasteiger partial charge in [0, 0.05) is 6.42 Å². The van der Waals surface area contributed by atoms with Crippen LogP contribution in [0.15, 0.2) is 158 Å². The number of unbranched alkanes of at least 4 members (excludes halogenated alkanes) is 30. The van der Waals surface area contributed by atoms with Crippen molar-refractivity contribution < 1.29 is 64.6 Å². The fourth-order valence-electron chi connectivity index (χ4n) is 12.5. The Morgan fingerprint density at radius 1 is 0.359 bits per heavy atom. The van der Waals surface area contributed by atoms with Gasteiger partial charge in [-0.2, -0.15) is 0 Å². The topological polar surface area (TPSA) is 228 Å². The number of ether oxygens (including phenoxy) is 4. The molecule has 2 rings (SSSR count). The van der Waals surface area contributed by atoms with Crippen LogP contribution in [0.5, 0.6) is 0 Å². The zero-order valence-electron chi connectivity index (χ0n) is 64.5. The molecule has 0 aliphatic carbocycles. The molecule has 2 heterocycles. The van der Waals surface area contributed by atoms with E-state index in [1.54, 1.807) is 6.08 Å². The molecule has 0 radical (unpaired) electrons. The maximum atomic E-state index is 13.4. The third-order valence-corrected chi connectivity index (χ3v) is 18.9. The number of aliphatic hydroxyl groups excluding tert-OH is 8. The molecule has 0 spiro atoms. The number of carbonyl (C=O) groups excluding carboxylic acids is 1. The fraction of sp³-hybridized carbons (Fsp3) is 0.697. The van der Waals surface area contributed by atoms with E-state index in [1.807, 2.05) is 6.08 Å². The van der Waals surface area contributed by atoms with Gasteiger partial charge in [-0.3, -0.25) is 4.79 Å². The van der Waals surface area contributed by atoms with Gasteiger partial charge in [0.1, 0.15) is 48.8 Å². The molecule has 0 bridgehead atoms. The summed E-state index contributed by atoms with van der Waals surface area (Å²) in [5.74, 6) is -0.264. The summed E-state index contributed by atoms with van der Waals surface area (Å²) >= 11 is 0. The molecule has 9 N–H and O–H groups in total. The lowest BCUT2D eigenvalue weighted by Gasteiger charge is -2.46. The lowest BCUT2D eigenvalue weighted by Crippen LogP contribution is -2.65. The van der Waals surface area contributed by atoms with Gasteiger partial charge in [0.25, 0.3) is 0 Å². The number of aliphatic hydroxyl groups is 8. The minimum atomic E-state index is -1.80. The van der Waals surface area contributed by atoms with Crippen molar-refractivity contribution in [1.82, 2.24) is 5.32 Å². The number of hydrogen-bond donors (Lipinski definition) is 9. The lowest BCUT2D eigenvalue weighted by molar-refractivity contribution is -0.359. The van der Waals surface area contributed by atoms with E-state index in [4.69, 9.17) is 18.9 Å². The Hall–Kier alpha value is -4.39. The maximum absolute atomic E-state index is 13.4. The molecular weight excluding hydrogens is 1290 g/mol. The number of allylic oxidation sites excluding steroid dienone is 25. The summed E-state index contributed by atoms with van der Waals surface area (Å²) in [5, 5.41) is 87.7. The molecule has 0 saturated carbocycles. The molecule has 0 aromatic rings. The van der Waals surface area contributed by atoms with Crippen LogP contribution in [0.1, 0.15) is 303 Å². The van der Waals surface area contributed by atoms with Crippen LogP contribution >= 0.6 is 0 Å². The van der Waals surface area contributed by atoms with Gasteiger partial charge < -0.3 is 65.1 Å². The van der Waals surface area contributed by atoms with E-state index >= 15 is 0 Å². The third-order valence-electron chi connectivity index (χ3n) is 18.9. The van der Waals surface area contributed by atoms with E-state index < -0.39 is 86.8 Å². The molecule has 2 aliphatic heterocycles. The molecule has 14 heteroatoms. The zero-order valence-corrected chi connectivity index (χ0v) is 64.5. The highest BCUT2D eigenvalue weighted by Gasteiger charge is 2.51. The highest BCUT2D eigenvalue weighted by Crippen LogP contribution is 2.30. The molecule has 0 aromatic carbocycles. The molecule has 12 atom stereocenters. The van der Waals surface area contributed by atoms with Crippen molar-refractivity contribution in [3.05, 3.63) is 158 Å². The second kappa shape index (κ2) is 70.6. The van der Waals surface area contributed by atoms with E-state index in [0.29, 0.717) is 12.8 Å². The van der Waals surface area contributed by atoms with Gasteiger partial charge in [-0.25, -0.2) is 0 Å². The van der Waals surface area contributed by atoms with E-state index in [9.17, 15) is 45.6 Å². The largest absolute Gasteiger partial charge is 0.394 e. The van der Waals surface area contributed by atoms with Crippen molar-refractivity contribution in [1.29, 1.82) is 0 Å². The van der Waals surface area contributed by atoms with Gasteiger partial charge in [-0.15, -0.1) is 0 Å². The van der Waals surface area contributed by atoms with Gasteiger partial charge in [-0.05, 0) is 116 Å². The Kier molecular flexibility index (Phi) is 64.9. The quantitative estimate of drug-likeness (QED) is 0.0204. The fourth-order valence-corrected chi connectivity index (χ4v) is 12.5. The van der Waals surface area contributed by atoms with Crippen molar-refractivity contribution >= 4 is 5.91 Å². The number of hydrogen-bond acceptors (Lipinski definition) is 13. The highest BCUT2D eigenvalue weighted by atomic mass is 16.7.